The van der Waals surface area contributed by atoms with Gasteiger partial charge in [-0.05, 0) is 0 Å². The number of carbonyl (C=O) groups is 1. The molecular weight excluding hydrogens is 176 g/mol. The monoisotopic (exact) mass is 184 g/mol. The summed E-state index contributed by atoms with van der Waals surface area (Å²) < 4.78 is 4.53. The van der Waals surface area contributed by atoms with Gasteiger partial charge < -0.3 is 9.63 Å². The molecule has 1 aromatic rings. The lowest BCUT2D eigenvalue weighted by Crippen LogP contribution is -2.42. The molecule has 1 aliphatic heterocycles. The molecule has 0 aromatic carbocycles. The number of aromatic amines is 1. The molecule has 6 nitrogen and oxygen atoms in total. The van der Waals surface area contributed by atoms with Crippen molar-refractivity contribution in [2.24, 2.45) is 0 Å². The Morgan fingerprint density at radius 1 is 1.62 bits per heavy atom. The minimum absolute atomic E-state index is 0.177. The summed E-state index contributed by atoms with van der Waals surface area (Å²) >= 11 is 0. The molecule has 1 unspecified atom stereocenters. The van der Waals surface area contributed by atoms with Crippen LogP contribution >= 0.6 is 0 Å². The predicted molar refractivity (Wildman–Crippen MR) is 41.3 cm³/mol. The average Bonchev–Trinajstić information content (AvgIpc) is 2.47. The van der Waals surface area contributed by atoms with Crippen LogP contribution in [0.5, 0.6) is 0 Å². The number of aliphatic carboxylic acids is 1. The van der Waals surface area contributed by atoms with E-state index in [1.165, 1.54) is 0 Å². The van der Waals surface area contributed by atoms with Gasteiger partial charge in [0.2, 0.25) is 0 Å². The average molecular weight is 184 g/mol. The number of fused-ring (bicyclic) bond motifs is 1. The predicted octanol–water partition coefficient (Wildman–Crippen LogP) is -0.933. The zero-order valence-corrected chi connectivity index (χ0v) is 6.66. The Kier molecular flexibility index (Phi) is 1.70. The first kappa shape index (κ1) is 8.06. The highest BCUT2D eigenvalue weighted by Crippen LogP contribution is 2.10. The lowest BCUT2D eigenvalue weighted by atomic mass is 10.0. The second-order valence-corrected chi connectivity index (χ2v) is 2.92. The molecule has 0 aliphatic carbocycles. The molecule has 1 aromatic heterocycles. The van der Waals surface area contributed by atoms with Crippen LogP contribution in [0, 0.1) is 0 Å². The minimum Gasteiger partial charge on any atom is -0.480 e. The SMILES string of the molecule is O=C(O)C1Cc2c([nH]oc2=O)CN1. The van der Waals surface area contributed by atoms with E-state index in [-0.39, 0.29) is 6.42 Å². The quantitative estimate of drug-likeness (QED) is 0.524. The van der Waals surface area contributed by atoms with Gasteiger partial charge in [-0.3, -0.25) is 10.1 Å². The standard InChI is InChI=1S/C7H8N2O4/c10-6(11)4-1-3-5(2-8-4)9-13-7(3)12/h4,8-9H,1-2H2,(H,10,11). The second kappa shape index (κ2) is 2.74. The smallest absolute Gasteiger partial charge is 0.360 e. The number of carboxylic acids is 1. The van der Waals surface area contributed by atoms with Gasteiger partial charge in [0.25, 0.3) is 0 Å². The van der Waals surface area contributed by atoms with E-state index in [1.807, 2.05) is 0 Å². The van der Waals surface area contributed by atoms with Crippen molar-refractivity contribution in [2.75, 3.05) is 0 Å². The van der Waals surface area contributed by atoms with Gasteiger partial charge in [0.15, 0.2) is 0 Å². The van der Waals surface area contributed by atoms with E-state index in [0.717, 1.165) is 0 Å². The van der Waals surface area contributed by atoms with Gasteiger partial charge in [0, 0.05) is 13.0 Å². The molecule has 0 fully saturated rings. The molecule has 2 heterocycles. The minimum atomic E-state index is -0.953. The molecule has 70 valence electrons. The Labute approximate surface area is 72.5 Å². The van der Waals surface area contributed by atoms with Crippen LogP contribution in [0.2, 0.25) is 0 Å². The lowest BCUT2D eigenvalue weighted by Gasteiger charge is -2.17. The maximum atomic E-state index is 11.0. The molecular formula is C7H8N2O4. The van der Waals surface area contributed by atoms with Gasteiger partial charge in [-0.2, -0.15) is 0 Å². The molecule has 6 heteroatoms. The highest BCUT2D eigenvalue weighted by atomic mass is 16.5. The Morgan fingerprint density at radius 2 is 2.38 bits per heavy atom. The fourth-order valence-corrected chi connectivity index (χ4v) is 1.38. The maximum absolute atomic E-state index is 11.0. The van der Waals surface area contributed by atoms with E-state index in [2.05, 4.69) is 15.0 Å². The van der Waals surface area contributed by atoms with Crippen LogP contribution in [0.1, 0.15) is 11.3 Å². The van der Waals surface area contributed by atoms with E-state index in [4.69, 9.17) is 5.11 Å². The number of carboxylic acid groups (broad SMARTS) is 1. The van der Waals surface area contributed by atoms with Gasteiger partial charge in [0.1, 0.15) is 6.04 Å². The van der Waals surface area contributed by atoms with Gasteiger partial charge in [-0.1, -0.05) is 0 Å². The highest BCUT2D eigenvalue weighted by Gasteiger charge is 2.27. The third kappa shape index (κ3) is 1.25. The number of hydrogen-bond donors (Lipinski definition) is 3. The summed E-state index contributed by atoms with van der Waals surface area (Å²) in [6, 6.07) is -0.689. The van der Waals surface area contributed by atoms with Crippen molar-refractivity contribution in [1.29, 1.82) is 0 Å². The van der Waals surface area contributed by atoms with E-state index in [1.54, 1.807) is 0 Å². The van der Waals surface area contributed by atoms with Crippen molar-refractivity contribution in [1.82, 2.24) is 10.5 Å². The van der Waals surface area contributed by atoms with E-state index in [0.29, 0.717) is 17.8 Å². The Hall–Kier alpha value is -1.56. The van der Waals surface area contributed by atoms with Crippen molar-refractivity contribution in [2.45, 2.75) is 19.0 Å². The first-order valence-corrected chi connectivity index (χ1v) is 3.84. The summed E-state index contributed by atoms with van der Waals surface area (Å²) in [5.74, 6) is -0.953. The molecule has 3 N–H and O–H groups in total. The summed E-state index contributed by atoms with van der Waals surface area (Å²) in [4.78, 5) is 21.6. The van der Waals surface area contributed by atoms with Gasteiger partial charge in [-0.15, -0.1) is 0 Å². The lowest BCUT2D eigenvalue weighted by molar-refractivity contribution is -0.139. The number of hydrogen-bond acceptors (Lipinski definition) is 4. The molecule has 13 heavy (non-hydrogen) atoms. The fraction of sp³-hybridized carbons (Fsp3) is 0.429. The fourth-order valence-electron chi connectivity index (χ4n) is 1.38. The first-order chi connectivity index (χ1) is 6.18. The largest absolute Gasteiger partial charge is 0.480 e. The van der Waals surface area contributed by atoms with E-state index >= 15 is 0 Å². The van der Waals surface area contributed by atoms with Crippen molar-refractivity contribution in [3.05, 3.63) is 21.7 Å². The molecule has 0 saturated heterocycles. The summed E-state index contributed by atoms with van der Waals surface area (Å²) in [6.45, 7) is 0.331. The topological polar surface area (TPSA) is 95.3 Å². The molecule has 0 bridgehead atoms. The molecule has 0 saturated carbocycles. The van der Waals surface area contributed by atoms with Crippen molar-refractivity contribution >= 4 is 5.97 Å². The van der Waals surface area contributed by atoms with Gasteiger partial charge >= 0.3 is 11.6 Å². The summed E-state index contributed by atoms with van der Waals surface area (Å²) in [5, 5.41) is 13.9. The molecule has 0 spiro atoms. The number of rotatable bonds is 1. The zero-order chi connectivity index (χ0) is 9.42. The van der Waals surface area contributed by atoms with E-state index < -0.39 is 17.6 Å². The zero-order valence-electron chi connectivity index (χ0n) is 6.66. The van der Waals surface area contributed by atoms with Crippen LogP contribution < -0.4 is 10.9 Å². The summed E-state index contributed by atoms with van der Waals surface area (Å²) in [7, 11) is 0. The van der Waals surface area contributed by atoms with Crippen molar-refractivity contribution in [3.63, 3.8) is 0 Å². The molecule has 2 rings (SSSR count). The molecule has 1 atom stereocenters. The number of nitrogens with one attached hydrogen (secondary N) is 2. The normalized spacial score (nSPS) is 21.1. The Morgan fingerprint density at radius 3 is 3.08 bits per heavy atom. The Bertz CT molecular complexity index is 391. The van der Waals surface area contributed by atoms with E-state index in [9.17, 15) is 9.59 Å². The third-order valence-corrected chi connectivity index (χ3v) is 2.11. The molecule has 0 radical (unpaired) electrons. The van der Waals surface area contributed by atoms with Crippen LogP contribution in [-0.2, 0) is 17.8 Å². The van der Waals surface area contributed by atoms with Crippen LogP contribution in [0.15, 0.2) is 9.32 Å². The van der Waals surface area contributed by atoms with Crippen LogP contribution in [0.25, 0.3) is 0 Å². The highest BCUT2D eigenvalue weighted by molar-refractivity contribution is 5.74. The second-order valence-electron chi connectivity index (χ2n) is 2.92. The summed E-state index contributed by atoms with van der Waals surface area (Å²) in [6.07, 6.45) is 0.177. The Balaban J connectivity index is 2.33. The summed E-state index contributed by atoms with van der Waals surface area (Å²) in [5.41, 5.74) is 0.608. The number of aromatic nitrogens is 1. The van der Waals surface area contributed by atoms with Gasteiger partial charge in [-0.25, -0.2) is 9.95 Å². The molecule has 1 aliphatic rings. The maximum Gasteiger partial charge on any atom is 0.360 e. The van der Waals surface area contributed by atoms with Crippen LogP contribution in [-0.4, -0.2) is 22.3 Å². The van der Waals surface area contributed by atoms with Crippen molar-refractivity contribution < 1.29 is 14.4 Å². The van der Waals surface area contributed by atoms with Crippen LogP contribution in [0.4, 0.5) is 0 Å². The number of H-pyrrole nitrogens is 1. The van der Waals surface area contributed by atoms with Crippen LogP contribution in [0.3, 0.4) is 0 Å². The third-order valence-electron chi connectivity index (χ3n) is 2.11. The van der Waals surface area contributed by atoms with Gasteiger partial charge in [0.05, 0.1) is 11.3 Å². The molecule has 0 amide bonds. The first-order valence-electron chi connectivity index (χ1n) is 3.84. The van der Waals surface area contributed by atoms with Crippen molar-refractivity contribution in [3.8, 4) is 0 Å².